The highest BCUT2D eigenvalue weighted by atomic mass is 32.1. The fourth-order valence-electron chi connectivity index (χ4n) is 11.3. The lowest BCUT2D eigenvalue weighted by Crippen LogP contribution is -2.05. The Morgan fingerprint density at radius 1 is 0.286 bits per heavy atom. The zero-order valence-electron chi connectivity index (χ0n) is 47.0. The largest absolute Gasteiger partial charge is 0.139 e. The standard InChI is InChI=1S/C66H110S4/c1-7-11-15-19-23-27-29-33-37-41-45-57(43-39-35-31-25-21-17-13-9-3)53-59-51-55(5)67-65(59)63-49-47-61(69-63)62-48-50-64(70-62)66-60(52-56(6)68-66)54-58(44-40-36-32-26-22-18-14-10-4)46-42-38-34-30-28-24-20-16-12-8-2/h47-52,57-58H,7-46,53-54H2,1-6H3. The Balaban J connectivity index is 1.37. The molecule has 0 nitrogen and oxygen atoms in total. The van der Waals surface area contributed by atoms with Crippen LogP contribution in [0.25, 0.3) is 29.3 Å². The van der Waals surface area contributed by atoms with Crippen LogP contribution in [0.1, 0.15) is 305 Å². The molecule has 0 N–H and O–H groups in total. The minimum atomic E-state index is 0.819. The van der Waals surface area contributed by atoms with Crippen molar-refractivity contribution in [3.05, 3.63) is 57.3 Å². The molecule has 4 heteroatoms. The molecule has 4 aromatic heterocycles. The van der Waals surface area contributed by atoms with Gasteiger partial charge >= 0.3 is 0 Å². The summed E-state index contributed by atoms with van der Waals surface area (Å²) in [5, 5.41) is 0. The summed E-state index contributed by atoms with van der Waals surface area (Å²) in [6.07, 6.45) is 59.6. The third-order valence-electron chi connectivity index (χ3n) is 15.6. The summed E-state index contributed by atoms with van der Waals surface area (Å²) in [7, 11) is 0. The average molecular weight is 1030 g/mol. The van der Waals surface area contributed by atoms with Gasteiger partial charge in [-0.1, -0.05) is 285 Å². The van der Waals surface area contributed by atoms with Crippen molar-refractivity contribution < 1.29 is 0 Å². The Morgan fingerprint density at radius 3 is 0.771 bits per heavy atom. The first-order chi connectivity index (χ1) is 34.4. The summed E-state index contributed by atoms with van der Waals surface area (Å²) < 4.78 is 0. The maximum Gasteiger partial charge on any atom is 0.0477 e. The number of thiophene rings is 4. The number of rotatable bonds is 47. The molecule has 4 rings (SSSR count). The molecular weight excluding hydrogens is 921 g/mol. The van der Waals surface area contributed by atoms with Crippen LogP contribution in [0.3, 0.4) is 0 Å². The molecule has 4 heterocycles. The van der Waals surface area contributed by atoms with Gasteiger partial charge in [0.05, 0.1) is 0 Å². The second-order valence-electron chi connectivity index (χ2n) is 22.4. The molecule has 0 spiro atoms. The Labute approximate surface area is 451 Å². The van der Waals surface area contributed by atoms with Gasteiger partial charge in [-0.25, -0.2) is 0 Å². The van der Waals surface area contributed by atoms with Crippen LogP contribution < -0.4 is 0 Å². The second-order valence-corrected chi connectivity index (χ2v) is 27.0. The van der Waals surface area contributed by atoms with Crippen molar-refractivity contribution in [3.63, 3.8) is 0 Å². The van der Waals surface area contributed by atoms with E-state index in [4.69, 9.17) is 0 Å². The van der Waals surface area contributed by atoms with Crippen LogP contribution in [0.4, 0.5) is 0 Å². The van der Waals surface area contributed by atoms with Gasteiger partial charge in [-0.15, -0.1) is 45.3 Å². The topological polar surface area (TPSA) is 0 Å². The smallest absolute Gasteiger partial charge is 0.0477 e. The van der Waals surface area contributed by atoms with Crippen molar-refractivity contribution in [2.45, 2.75) is 311 Å². The van der Waals surface area contributed by atoms with E-state index in [2.05, 4.69) is 123 Å². The normalized spacial score (nSPS) is 12.7. The summed E-state index contributed by atoms with van der Waals surface area (Å²) in [5.41, 5.74) is 3.27. The van der Waals surface area contributed by atoms with Gasteiger partial charge in [0.2, 0.25) is 0 Å². The SMILES string of the molecule is CCCCCCCCCCCCC(CCCCCCCCCC)Cc1cc(C)sc1-c1ccc(-c2ccc(-c3sc(C)cc3CC(CCCCCCCCCC)CCCCCCCCCCCC)s2)s1. The molecule has 0 saturated heterocycles. The molecule has 0 aliphatic rings. The third kappa shape index (κ3) is 26.3. The van der Waals surface area contributed by atoms with Crippen molar-refractivity contribution in [1.82, 2.24) is 0 Å². The van der Waals surface area contributed by atoms with Gasteiger partial charge in [0, 0.05) is 39.0 Å². The van der Waals surface area contributed by atoms with Crippen molar-refractivity contribution in [2.75, 3.05) is 0 Å². The van der Waals surface area contributed by atoms with E-state index in [0.717, 1.165) is 11.8 Å². The predicted octanol–water partition coefficient (Wildman–Crippen LogP) is 25.6. The first kappa shape index (κ1) is 61.3. The van der Waals surface area contributed by atoms with Gasteiger partial charge in [-0.2, -0.15) is 0 Å². The second kappa shape index (κ2) is 40.2. The number of unbranched alkanes of at least 4 members (excludes halogenated alkanes) is 32. The molecule has 398 valence electrons. The summed E-state index contributed by atoms with van der Waals surface area (Å²) in [6, 6.07) is 15.0. The minimum absolute atomic E-state index is 0.819. The molecule has 0 aromatic carbocycles. The zero-order chi connectivity index (χ0) is 49.7. The monoisotopic (exact) mass is 1030 g/mol. The van der Waals surface area contributed by atoms with E-state index in [1.165, 1.54) is 299 Å². The Morgan fingerprint density at radius 2 is 0.514 bits per heavy atom. The molecular formula is C66H110S4. The molecule has 0 aliphatic heterocycles. The van der Waals surface area contributed by atoms with Gasteiger partial charge in [0.1, 0.15) is 0 Å². The van der Waals surface area contributed by atoms with Crippen LogP contribution in [0, 0.1) is 25.7 Å². The highest BCUT2D eigenvalue weighted by Crippen LogP contribution is 2.46. The maximum atomic E-state index is 2.57. The first-order valence-corrected chi connectivity index (χ1v) is 34.1. The van der Waals surface area contributed by atoms with Crippen LogP contribution in [0.5, 0.6) is 0 Å². The molecule has 2 unspecified atom stereocenters. The van der Waals surface area contributed by atoms with Crippen LogP contribution >= 0.6 is 45.3 Å². The van der Waals surface area contributed by atoms with E-state index in [9.17, 15) is 0 Å². The van der Waals surface area contributed by atoms with Crippen LogP contribution in [0.2, 0.25) is 0 Å². The molecule has 0 fully saturated rings. The quantitative estimate of drug-likeness (QED) is 0.0387. The Kier molecular flexibility index (Phi) is 35.2. The lowest BCUT2D eigenvalue weighted by atomic mass is 9.88. The Hall–Kier alpha value is -1.20. The highest BCUT2D eigenvalue weighted by molar-refractivity contribution is 7.28. The van der Waals surface area contributed by atoms with E-state index < -0.39 is 0 Å². The molecule has 0 radical (unpaired) electrons. The summed E-state index contributed by atoms with van der Waals surface area (Å²) in [4.78, 5) is 12.0. The van der Waals surface area contributed by atoms with Crippen molar-refractivity contribution >= 4 is 45.3 Å². The fourth-order valence-corrected chi connectivity index (χ4v) is 15.8. The van der Waals surface area contributed by atoms with Gasteiger partial charge in [-0.05, 0) is 86.1 Å². The van der Waals surface area contributed by atoms with Gasteiger partial charge in [0.15, 0.2) is 0 Å². The van der Waals surface area contributed by atoms with Crippen molar-refractivity contribution in [1.29, 1.82) is 0 Å². The lowest BCUT2D eigenvalue weighted by molar-refractivity contribution is 0.400. The average Bonchev–Trinajstić information content (AvgIpc) is 4.19. The molecule has 4 aromatic rings. The highest BCUT2D eigenvalue weighted by Gasteiger charge is 2.20. The van der Waals surface area contributed by atoms with Crippen LogP contribution in [-0.4, -0.2) is 0 Å². The van der Waals surface area contributed by atoms with Gasteiger partial charge in [0.25, 0.3) is 0 Å². The van der Waals surface area contributed by atoms with E-state index in [1.807, 2.05) is 0 Å². The van der Waals surface area contributed by atoms with Gasteiger partial charge in [-0.3, -0.25) is 0 Å². The van der Waals surface area contributed by atoms with Crippen molar-refractivity contribution in [2.24, 2.45) is 11.8 Å². The number of aryl methyl sites for hydroxylation is 2. The first-order valence-electron chi connectivity index (χ1n) is 30.8. The maximum absolute atomic E-state index is 2.57. The Bertz CT molecular complexity index is 1670. The van der Waals surface area contributed by atoms with E-state index in [0.29, 0.717) is 0 Å². The number of hydrogen-bond acceptors (Lipinski definition) is 4. The third-order valence-corrected chi connectivity index (χ3v) is 20.6. The zero-order valence-corrected chi connectivity index (χ0v) is 50.2. The van der Waals surface area contributed by atoms with Crippen LogP contribution in [-0.2, 0) is 12.8 Å². The molecule has 2 atom stereocenters. The van der Waals surface area contributed by atoms with Crippen LogP contribution in [0.15, 0.2) is 36.4 Å². The van der Waals surface area contributed by atoms with Crippen molar-refractivity contribution in [3.8, 4) is 29.3 Å². The number of hydrogen-bond donors (Lipinski definition) is 0. The summed E-state index contributed by atoms with van der Waals surface area (Å²) in [5.74, 6) is 1.64. The van der Waals surface area contributed by atoms with E-state index >= 15 is 0 Å². The molecule has 0 bridgehead atoms. The summed E-state index contributed by atoms with van der Waals surface area (Å²) >= 11 is 8.22. The molecule has 70 heavy (non-hydrogen) atoms. The molecule has 0 aliphatic carbocycles. The van der Waals surface area contributed by atoms with Gasteiger partial charge < -0.3 is 0 Å². The fraction of sp³-hybridized carbons (Fsp3) is 0.758. The minimum Gasteiger partial charge on any atom is -0.139 e. The predicted molar refractivity (Wildman–Crippen MR) is 325 cm³/mol. The summed E-state index contributed by atoms with van der Waals surface area (Å²) in [6.45, 7) is 14.0. The molecule has 0 saturated carbocycles. The van der Waals surface area contributed by atoms with E-state index in [1.54, 1.807) is 20.9 Å². The van der Waals surface area contributed by atoms with E-state index in [-0.39, 0.29) is 0 Å². The molecule has 0 amide bonds. The lowest BCUT2D eigenvalue weighted by Gasteiger charge is -2.17.